The van der Waals surface area contributed by atoms with E-state index in [2.05, 4.69) is 26.2 Å². The first-order chi connectivity index (χ1) is 14.9. The highest BCUT2D eigenvalue weighted by Crippen LogP contribution is 2.24. The van der Waals surface area contributed by atoms with Crippen molar-refractivity contribution < 1.29 is 9.18 Å². The van der Waals surface area contributed by atoms with E-state index in [0.29, 0.717) is 33.0 Å². The predicted octanol–water partition coefficient (Wildman–Crippen LogP) is 5.33. The summed E-state index contributed by atoms with van der Waals surface area (Å²) in [4.78, 5) is 30.3. The minimum atomic E-state index is -0.417. The molecule has 0 spiro atoms. The molecule has 1 amide bonds. The molecule has 8 heteroatoms. The van der Waals surface area contributed by atoms with Crippen molar-refractivity contribution in [3.63, 3.8) is 0 Å². The van der Waals surface area contributed by atoms with Crippen molar-refractivity contribution in [2.24, 2.45) is 0 Å². The van der Waals surface area contributed by atoms with Gasteiger partial charge in [-0.15, -0.1) is 0 Å². The number of para-hydroxylation sites is 2. The Hall–Kier alpha value is -2.97. The second kappa shape index (κ2) is 9.03. The summed E-state index contributed by atoms with van der Waals surface area (Å²) in [5, 5.41) is 3.56. The minimum Gasteiger partial charge on any atom is -0.324 e. The predicted molar refractivity (Wildman–Crippen MR) is 126 cm³/mol. The van der Waals surface area contributed by atoms with Gasteiger partial charge in [-0.3, -0.25) is 14.2 Å². The first kappa shape index (κ1) is 21.3. The summed E-state index contributed by atoms with van der Waals surface area (Å²) in [6.45, 7) is 1.65. The molecule has 0 bridgehead atoms. The van der Waals surface area contributed by atoms with Gasteiger partial charge in [0.05, 0.1) is 28.0 Å². The highest BCUT2D eigenvalue weighted by molar-refractivity contribution is 9.10. The van der Waals surface area contributed by atoms with Crippen molar-refractivity contribution in [3.05, 3.63) is 92.9 Å². The molecule has 0 unspecified atom stereocenters. The molecule has 1 heterocycles. The van der Waals surface area contributed by atoms with Gasteiger partial charge in [0.1, 0.15) is 5.82 Å². The van der Waals surface area contributed by atoms with Gasteiger partial charge in [0.15, 0.2) is 5.16 Å². The number of fused-ring (bicyclic) bond motifs is 1. The largest absolute Gasteiger partial charge is 0.324 e. The van der Waals surface area contributed by atoms with Crippen molar-refractivity contribution in [2.45, 2.75) is 12.1 Å². The van der Waals surface area contributed by atoms with Gasteiger partial charge < -0.3 is 5.32 Å². The van der Waals surface area contributed by atoms with Crippen LogP contribution in [0.4, 0.5) is 10.1 Å². The third kappa shape index (κ3) is 4.55. The Kier molecular flexibility index (Phi) is 6.20. The quantitative estimate of drug-likeness (QED) is 0.299. The van der Waals surface area contributed by atoms with Crippen LogP contribution in [0.1, 0.15) is 5.56 Å². The van der Waals surface area contributed by atoms with Gasteiger partial charge in [-0.2, -0.15) is 0 Å². The Morgan fingerprint density at radius 1 is 1.13 bits per heavy atom. The van der Waals surface area contributed by atoms with Crippen LogP contribution in [-0.4, -0.2) is 21.2 Å². The first-order valence-electron chi connectivity index (χ1n) is 9.39. The lowest BCUT2D eigenvalue weighted by atomic mass is 10.2. The van der Waals surface area contributed by atoms with E-state index in [4.69, 9.17) is 0 Å². The van der Waals surface area contributed by atoms with Crippen LogP contribution in [0.25, 0.3) is 16.6 Å². The van der Waals surface area contributed by atoms with Crippen LogP contribution in [0, 0.1) is 12.7 Å². The zero-order valence-electron chi connectivity index (χ0n) is 16.4. The average molecular weight is 498 g/mol. The lowest BCUT2D eigenvalue weighted by molar-refractivity contribution is -0.113. The number of benzene rings is 3. The van der Waals surface area contributed by atoms with Gasteiger partial charge in [-0.25, -0.2) is 9.37 Å². The maximum atomic E-state index is 14.2. The topological polar surface area (TPSA) is 64.0 Å². The number of nitrogens with one attached hydrogen (secondary N) is 1. The van der Waals surface area contributed by atoms with E-state index in [-0.39, 0.29) is 17.2 Å². The van der Waals surface area contributed by atoms with Crippen LogP contribution in [-0.2, 0) is 4.79 Å². The number of thioether (sulfide) groups is 1. The lowest BCUT2D eigenvalue weighted by Crippen LogP contribution is -2.23. The summed E-state index contributed by atoms with van der Waals surface area (Å²) in [6, 6.07) is 18.8. The fraction of sp³-hybridized carbons (Fsp3) is 0.0870. The number of hydrogen-bond donors (Lipinski definition) is 1. The van der Waals surface area contributed by atoms with E-state index in [0.717, 1.165) is 16.2 Å². The maximum absolute atomic E-state index is 14.2. The number of carbonyl (C=O) groups is 1. The Balaban J connectivity index is 1.70. The highest BCUT2D eigenvalue weighted by Gasteiger charge is 2.16. The molecule has 5 nitrogen and oxygen atoms in total. The molecule has 0 aliphatic carbocycles. The van der Waals surface area contributed by atoms with Crippen LogP contribution < -0.4 is 10.9 Å². The van der Waals surface area contributed by atoms with E-state index in [1.54, 1.807) is 49.4 Å². The summed E-state index contributed by atoms with van der Waals surface area (Å²) in [5.74, 6) is -0.637. The third-order valence-electron chi connectivity index (χ3n) is 4.64. The number of aromatic nitrogens is 2. The van der Waals surface area contributed by atoms with Crippen molar-refractivity contribution in [2.75, 3.05) is 11.1 Å². The number of nitrogens with zero attached hydrogens (tertiary/aromatic N) is 2. The van der Waals surface area contributed by atoms with Gasteiger partial charge in [-0.05, 0) is 64.8 Å². The Morgan fingerprint density at radius 2 is 1.87 bits per heavy atom. The monoisotopic (exact) mass is 497 g/mol. The van der Waals surface area contributed by atoms with E-state index in [1.807, 2.05) is 18.2 Å². The fourth-order valence-corrected chi connectivity index (χ4v) is 4.23. The standard InChI is InChI=1S/C23H17BrFN3O2S/c1-14-10-11-15(12-18(14)25)28-22(30)16-6-2-4-8-19(16)27-23(28)31-13-21(29)26-20-9-5-3-7-17(20)24/h2-12H,13H2,1H3,(H,26,29). The van der Waals surface area contributed by atoms with Gasteiger partial charge in [-0.1, -0.05) is 42.1 Å². The van der Waals surface area contributed by atoms with Gasteiger partial charge in [0.25, 0.3) is 5.56 Å². The second-order valence-corrected chi connectivity index (χ2v) is 8.60. The molecule has 0 atom stereocenters. The van der Waals surface area contributed by atoms with Crippen LogP contribution in [0.5, 0.6) is 0 Å². The van der Waals surface area contributed by atoms with Gasteiger partial charge >= 0.3 is 0 Å². The molecular weight excluding hydrogens is 481 g/mol. The first-order valence-corrected chi connectivity index (χ1v) is 11.2. The number of rotatable bonds is 5. The molecule has 0 aliphatic rings. The number of carbonyl (C=O) groups excluding carboxylic acids is 1. The number of anilines is 1. The zero-order chi connectivity index (χ0) is 22.0. The molecule has 3 aromatic carbocycles. The molecule has 31 heavy (non-hydrogen) atoms. The second-order valence-electron chi connectivity index (χ2n) is 6.80. The van der Waals surface area contributed by atoms with E-state index < -0.39 is 5.82 Å². The smallest absolute Gasteiger partial charge is 0.266 e. The summed E-state index contributed by atoms with van der Waals surface area (Å²) in [7, 11) is 0. The minimum absolute atomic E-state index is 0.0282. The summed E-state index contributed by atoms with van der Waals surface area (Å²) < 4.78 is 16.3. The van der Waals surface area contributed by atoms with Crippen LogP contribution >= 0.6 is 27.7 Å². The molecule has 0 saturated carbocycles. The molecule has 4 aromatic rings. The zero-order valence-corrected chi connectivity index (χ0v) is 18.8. The summed E-state index contributed by atoms with van der Waals surface area (Å²) in [6.07, 6.45) is 0. The Labute approximate surface area is 190 Å². The third-order valence-corrected chi connectivity index (χ3v) is 6.27. The number of amides is 1. The molecule has 0 fully saturated rings. The van der Waals surface area contributed by atoms with Crippen LogP contribution in [0.15, 0.2) is 81.2 Å². The molecular formula is C23H17BrFN3O2S. The summed E-state index contributed by atoms with van der Waals surface area (Å²) >= 11 is 4.51. The molecule has 1 aromatic heterocycles. The lowest BCUT2D eigenvalue weighted by Gasteiger charge is -2.14. The van der Waals surface area contributed by atoms with Crippen molar-refractivity contribution in [1.82, 2.24) is 9.55 Å². The Morgan fingerprint density at radius 3 is 2.65 bits per heavy atom. The van der Waals surface area contributed by atoms with Crippen LogP contribution in [0.2, 0.25) is 0 Å². The normalized spacial score (nSPS) is 10.9. The SMILES string of the molecule is Cc1ccc(-n2c(SCC(=O)Nc3ccccc3Br)nc3ccccc3c2=O)cc1F. The molecule has 1 N–H and O–H groups in total. The maximum Gasteiger partial charge on any atom is 0.266 e. The molecule has 0 radical (unpaired) electrons. The molecule has 156 valence electrons. The average Bonchev–Trinajstić information content (AvgIpc) is 2.76. The fourth-order valence-electron chi connectivity index (χ4n) is 3.04. The van der Waals surface area contributed by atoms with Gasteiger partial charge in [0, 0.05) is 4.47 Å². The molecule has 0 aliphatic heterocycles. The van der Waals surface area contributed by atoms with Crippen molar-refractivity contribution in [3.8, 4) is 5.69 Å². The van der Waals surface area contributed by atoms with Crippen molar-refractivity contribution in [1.29, 1.82) is 0 Å². The van der Waals surface area contributed by atoms with E-state index >= 15 is 0 Å². The van der Waals surface area contributed by atoms with E-state index in [9.17, 15) is 14.0 Å². The van der Waals surface area contributed by atoms with Crippen LogP contribution in [0.3, 0.4) is 0 Å². The molecule has 0 saturated heterocycles. The Bertz CT molecular complexity index is 1360. The van der Waals surface area contributed by atoms with Gasteiger partial charge in [0.2, 0.25) is 5.91 Å². The number of aryl methyl sites for hydroxylation is 1. The number of halogens is 2. The number of hydrogen-bond acceptors (Lipinski definition) is 4. The van der Waals surface area contributed by atoms with E-state index in [1.165, 1.54) is 10.6 Å². The van der Waals surface area contributed by atoms with Crippen molar-refractivity contribution >= 4 is 50.2 Å². The molecule has 4 rings (SSSR count). The highest BCUT2D eigenvalue weighted by atomic mass is 79.9. The summed E-state index contributed by atoms with van der Waals surface area (Å²) in [5.41, 5.74) is 1.69.